The van der Waals surface area contributed by atoms with E-state index in [1.807, 2.05) is 0 Å². The minimum atomic E-state index is -4.41. The van der Waals surface area contributed by atoms with Gasteiger partial charge in [-0.05, 0) is 24.6 Å². The highest BCUT2D eigenvalue weighted by atomic mass is 19.4. The molecule has 100 valence electrons. The monoisotopic (exact) mass is 260 g/mol. The van der Waals surface area contributed by atoms with Gasteiger partial charge in [0.15, 0.2) is 5.78 Å². The summed E-state index contributed by atoms with van der Waals surface area (Å²) in [5, 5.41) is 0. The molecule has 0 aliphatic heterocycles. The number of hydrogen-bond acceptors (Lipinski definition) is 2. The lowest BCUT2D eigenvalue weighted by molar-refractivity contribution is -0.138. The number of ether oxygens (including phenoxy) is 1. The number of carbonyl (C=O) groups is 1. The van der Waals surface area contributed by atoms with E-state index in [2.05, 4.69) is 0 Å². The van der Waals surface area contributed by atoms with Crippen LogP contribution in [0, 0.1) is 0 Å². The Morgan fingerprint density at radius 1 is 1.33 bits per heavy atom. The van der Waals surface area contributed by atoms with Crippen LogP contribution in [0.5, 0.6) is 0 Å². The second kappa shape index (κ2) is 6.00. The fourth-order valence-electron chi connectivity index (χ4n) is 1.61. The number of rotatable bonds is 5. The van der Waals surface area contributed by atoms with Crippen molar-refractivity contribution >= 4 is 5.78 Å². The standard InChI is InChI=1S/C13H15F3O2/c1-3-11(17)12(18-4-2)9-6-5-7-10(8-9)13(14,15)16/h5-8,12H,3-4H2,1-2H3. The van der Waals surface area contributed by atoms with Crippen LogP contribution < -0.4 is 0 Å². The smallest absolute Gasteiger partial charge is 0.366 e. The molecule has 0 aliphatic rings. The maximum absolute atomic E-state index is 12.6. The Morgan fingerprint density at radius 2 is 2.00 bits per heavy atom. The van der Waals surface area contributed by atoms with E-state index in [-0.39, 0.29) is 24.4 Å². The molecule has 1 atom stereocenters. The summed E-state index contributed by atoms with van der Waals surface area (Å²) >= 11 is 0. The van der Waals surface area contributed by atoms with Gasteiger partial charge < -0.3 is 4.74 Å². The van der Waals surface area contributed by atoms with Crippen molar-refractivity contribution < 1.29 is 22.7 Å². The molecular formula is C13H15F3O2. The van der Waals surface area contributed by atoms with E-state index in [0.717, 1.165) is 12.1 Å². The van der Waals surface area contributed by atoms with Crippen molar-refractivity contribution in [3.63, 3.8) is 0 Å². The average molecular weight is 260 g/mol. The van der Waals surface area contributed by atoms with Gasteiger partial charge in [-0.2, -0.15) is 13.2 Å². The van der Waals surface area contributed by atoms with Gasteiger partial charge in [-0.3, -0.25) is 4.79 Å². The zero-order chi connectivity index (χ0) is 13.8. The predicted molar refractivity (Wildman–Crippen MR) is 61.1 cm³/mol. The first-order valence-electron chi connectivity index (χ1n) is 5.71. The zero-order valence-corrected chi connectivity index (χ0v) is 10.3. The lowest BCUT2D eigenvalue weighted by atomic mass is 10.0. The molecule has 0 spiro atoms. The molecule has 1 unspecified atom stereocenters. The van der Waals surface area contributed by atoms with Gasteiger partial charge in [0.2, 0.25) is 0 Å². The molecule has 0 heterocycles. The number of benzene rings is 1. The molecule has 1 rings (SSSR count). The molecular weight excluding hydrogens is 245 g/mol. The zero-order valence-electron chi connectivity index (χ0n) is 10.3. The van der Waals surface area contributed by atoms with Crippen LogP contribution in [0.4, 0.5) is 13.2 Å². The molecule has 0 saturated carbocycles. The van der Waals surface area contributed by atoms with Crippen molar-refractivity contribution in [3.05, 3.63) is 35.4 Å². The average Bonchev–Trinajstić information content (AvgIpc) is 2.34. The van der Waals surface area contributed by atoms with Gasteiger partial charge in [-0.15, -0.1) is 0 Å². The first kappa shape index (κ1) is 14.7. The number of carbonyl (C=O) groups excluding carboxylic acids is 1. The summed E-state index contributed by atoms with van der Waals surface area (Å²) in [5.74, 6) is -0.226. The molecule has 2 nitrogen and oxygen atoms in total. The van der Waals surface area contributed by atoms with Gasteiger partial charge in [0, 0.05) is 13.0 Å². The SMILES string of the molecule is CCOC(C(=O)CC)c1cccc(C(F)(F)F)c1. The summed E-state index contributed by atoms with van der Waals surface area (Å²) in [4.78, 5) is 11.7. The minimum Gasteiger partial charge on any atom is -0.366 e. The number of alkyl halides is 3. The maximum atomic E-state index is 12.6. The molecule has 0 aliphatic carbocycles. The first-order valence-corrected chi connectivity index (χ1v) is 5.71. The summed E-state index contributed by atoms with van der Waals surface area (Å²) in [5.41, 5.74) is -0.521. The first-order chi connectivity index (χ1) is 8.40. The molecule has 0 N–H and O–H groups in total. The third-order valence-electron chi connectivity index (χ3n) is 2.49. The van der Waals surface area contributed by atoms with E-state index in [1.54, 1.807) is 13.8 Å². The van der Waals surface area contributed by atoms with E-state index >= 15 is 0 Å². The Labute approximate surface area is 104 Å². The second-order valence-electron chi connectivity index (χ2n) is 3.78. The third-order valence-corrected chi connectivity index (χ3v) is 2.49. The third kappa shape index (κ3) is 3.57. The molecule has 0 saturated heterocycles. The molecule has 5 heteroatoms. The molecule has 0 bridgehead atoms. The van der Waals surface area contributed by atoms with Crippen LogP contribution in [0.25, 0.3) is 0 Å². The van der Waals surface area contributed by atoms with E-state index in [9.17, 15) is 18.0 Å². The van der Waals surface area contributed by atoms with Crippen molar-refractivity contribution in [1.29, 1.82) is 0 Å². The lowest BCUT2D eigenvalue weighted by Crippen LogP contribution is -2.16. The number of hydrogen-bond donors (Lipinski definition) is 0. The second-order valence-corrected chi connectivity index (χ2v) is 3.78. The molecule has 1 aromatic carbocycles. The van der Waals surface area contributed by atoms with Crippen molar-refractivity contribution in [1.82, 2.24) is 0 Å². The van der Waals surface area contributed by atoms with Crippen molar-refractivity contribution in [3.8, 4) is 0 Å². The van der Waals surface area contributed by atoms with Gasteiger partial charge in [0.1, 0.15) is 6.10 Å². The van der Waals surface area contributed by atoms with E-state index < -0.39 is 17.8 Å². The molecule has 0 radical (unpaired) electrons. The minimum absolute atomic E-state index is 0.223. The number of ketones is 1. The van der Waals surface area contributed by atoms with E-state index in [0.29, 0.717) is 0 Å². The van der Waals surface area contributed by atoms with Crippen molar-refractivity contribution in [2.24, 2.45) is 0 Å². The molecule has 0 amide bonds. The predicted octanol–water partition coefficient (Wildman–Crippen LogP) is 3.76. The fourth-order valence-corrected chi connectivity index (χ4v) is 1.61. The van der Waals surface area contributed by atoms with E-state index in [4.69, 9.17) is 4.74 Å². The number of halogens is 3. The van der Waals surface area contributed by atoms with Gasteiger partial charge in [-0.25, -0.2) is 0 Å². The highest BCUT2D eigenvalue weighted by Crippen LogP contribution is 2.31. The topological polar surface area (TPSA) is 26.3 Å². The summed E-state index contributed by atoms with van der Waals surface area (Å²) in [7, 11) is 0. The summed E-state index contributed by atoms with van der Waals surface area (Å²) in [6.07, 6.45) is -5.11. The quantitative estimate of drug-likeness (QED) is 0.805. The Hall–Kier alpha value is -1.36. The Kier molecular flexibility index (Phi) is 4.90. The highest BCUT2D eigenvalue weighted by molar-refractivity contribution is 5.84. The molecule has 1 aromatic rings. The van der Waals surface area contributed by atoms with Gasteiger partial charge in [-0.1, -0.05) is 19.1 Å². The lowest BCUT2D eigenvalue weighted by Gasteiger charge is -2.17. The fraction of sp³-hybridized carbons (Fsp3) is 0.462. The molecule has 0 fully saturated rings. The maximum Gasteiger partial charge on any atom is 0.416 e. The van der Waals surface area contributed by atoms with Crippen molar-refractivity contribution in [2.45, 2.75) is 32.5 Å². The van der Waals surface area contributed by atoms with Crippen LogP contribution >= 0.6 is 0 Å². The Bertz CT molecular complexity index is 413. The van der Waals surface area contributed by atoms with Crippen LogP contribution in [-0.2, 0) is 15.7 Å². The molecule has 0 aromatic heterocycles. The normalized spacial score (nSPS) is 13.4. The largest absolute Gasteiger partial charge is 0.416 e. The Morgan fingerprint density at radius 3 is 2.50 bits per heavy atom. The van der Waals surface area contributed by atoms with Gasteiger partial charge in [0.25, 0.3) is 0 Å². The van der Waals surface area contributed by atoms with Gasteiger partial charge in [0.05, 0.1) is 5.56 Å². The van der Waals surface area contributed by atoms with Crippen LogP contribution in [0.3, 0.4) is 0 Å². The van der Waals surface area contributed by atoms with Crippen molar-refractivity contribution in [2.75, 3.05) is 6.61 Å². The summed E-state index contributed by atoms with van der Waals surface area (Å²) in [6.45, 7) is 3.62. The van der Waals surface area contributed by atoms with Crippen LogP contribution in [0.15, 0.2) is 24.3 Å². The van der Waals surface area contributed by atoms with Crippen LogP contribution in [-0.4, -0.2) is 12.4 Å². The Balaban J connectivity index is 3.09. The molecule has 18 heavy (non-hydrogen) atoms. The summed E-state index contributed by atoms with van der Waals surface area (Å²) in [6, 6.07) is 4.70. The van der Waals surface area contributed by atoms with Crippen LogP contribution in [0.1, 0.15) is 37.5 Å². The highest BCUT2D eigenvalue weighted by Gasteiger charge is 2.31. The van der Waals surface area contributed by atoms with Crippen LogP contribution in [0.2, 0.25) is 0 Å². The van der Waals surface area contributed by atoms with Gasteiger partial charge >= 0.3 is 6.18 Å². The van der Waals surface area contributed by atoms with E-state index in [1.165, 1.54) is 12.1 Å². The number of Topliss-reactive ketones (excluding diaryl/α,β-unsaturated/α-hetero) is 1. The summed E-state index contributed by atoms with van der Waals surface area (Å²) < 4.78 is 43.0.